The third kappa shape index (κ3) is 16.4. The number of nitrogens with one attached hydrogen (secondary N) is 1. The number of carbonyl (C=O) groups excluding carboxylic acids is 1. The van der Waals surface area contributed by atoms with Crippen LogP contribution in [0.4, 0.5) is 13.2 Å². The van der Waals surface area contributed by atoms with E-state index in [1.807, 2.05) is 0 Å². The van der Waals surface area contributed by atoms with Crippen LogP contribution in [0.15, 0.2) is 12.2 Å². The Balaban J connectivity index is 0. The maximum atomic E-state index is 11.0. The Morgan fingerprint density at radius 3 is 2.00 bits per heavy atom. The lowest BCUT2D eigenvalue weighted by Crippen LogP contribution is -2.27. The lowest BCUT2D eigenvalue weighted by molar-refractivity contribution is -0.192. The zero-order valence-electron chi connectivity index (χ0n) is 12.2. The van der Waals surface area contributed by atoms with E-state index < -0.39 is 12.1 Å². The van der Waals surface area contributed by atoms with E-state index in [2.05, 4.69) is 11.9 Å². The first kappa shape index (κ1) is 22.6. The number of halogens is 3. The monoisotopic (exact) mass is 330 g/mol. The average Bonchev–Trinajstić information content (AvgIpc) is 2.41. The first-order valence-corrected chi connectivity index (χ1v) is 6.22. The molecule has 0 aliphatic rings. The maximum absolute atomic E-state index is 11.0. The summed E-state index contributed by atoms with van der Waals surface area (Å²) in [5.74, 6) is -2.90. The molecule has 0 fully saturated rings. The van der Waals surface area contributed by atoms with Gasteiger partial charge in [-0.05, 0) is 6.92 Å². The number of carboxylic acids is 1. The Kier molecular flexibility index (Phi) is 13.4. The second-order valence-corrected chi connectivity index (χ2v) is 3.85. The van der Waals surface area contributed by atoms with Crippen molar-refractivity contribution in [1.82, 2.24) is 5.32 Å². The molecule has 0 heterocycles. The predicted octanol–water partition coefficient (Wildman–Crippen LogP) is 0.304. The van der Waals surface area contributed by atoms with Crippen LogP contribution in [0, 0.1) is 0 Å². The number of carbonyl (C=O) groups is 2. The van der Waals surface area contributed by atoms with Crippen molar-refractivity contribution >= 4 is 11.9 Å². The van der Waals surface area contributed by atoms with Gasteiger partial charge in [0.05, 0.1) is 26.4 Å². The van der Waals surface area contributed by atoms with Gasteiger partial charge in [-0.15, -0.1) is 0 Å². The van der Waals surface area contributed by atoms with Gasteiger partial charge in [0.15, 0.2) is 0 Å². The van der Waals surface area contributed by atoms with E-state index in [-0.39, 0.29) is 5.91 Å². The minimum Gasteiger partial charge on any atom is -0.475 e. The fourth-order valence-electron chi connectivity index (χ4n) is 0.793. The van der Waals surface area contributed by atoms with E-state index in [4.69, 9.17) is 25.1 Å². The number of amides is 1. The number of carboxylic acid groups (broad SMARTS) is 1. The van der Waals surface area contributed by atoms with Crippen molar-refractivity contribution in [3.05, 3.63) is 12.2 Å². The number of nitrogens with two attached hydrogens (primary N) is 1. The summed E-state index contributed by atoms with van der Waals surface area (Å²) in [4.78, 5) is 19.9. The number of hydrogen-bond acceptors (Lipinski definition) is 5. The Labute approximate surface area is 126 Å². The zero-order chi connectivity index (χ0) is 17.6. The minimum absolute atomic E-state index is 0.141. The predicted molar refractivity (Wildman–Crippen MR) is 72.2 cm³/mol. The van der Waals surface area contributed by atoms with Crippen LogP contribution in [0.25, 0.3) is 0 Å². The first-order chi connectivity index (χ1) is 10.1. The van der Waals surface area contributed by atoms with Gasteiger partial charge in [-0.1, -0.05) is 6.58 Å². The van der Waals surface area contributed by atoms with Gasteiger partial charge in [0.1, 0.15) is 0 Å². The molecular formula is C12H21F3N2O5. The van der Waals surface area contributed by atoms with Gasteiger partial charge >= 0.3 is 12.1 Å². The molecule has 0 aliphatic heterocycles. The summed E-state index contributed by atoms with van der Waals surface area (Å²) >= 11 is 0. The van der Waals surface area contributed by atoms with Gasteiger partial charge < -0.3 is 25.6 Å². The molecular weight excluding hydrogens is 309 g/mol. The van der Waals surface area contributed by atoms with Crippen molar-refractivity contribution in [1.29, 1.82) is 0 Å². The Bertz CT molecular complexity index is 348. The highest BCUT2D eigenvalue weighted by atomic mass is 19.4. The Hall–Kier alpha value is -1.65. The molecule has 0 atom stereocenters. The van der Waals surface area contributed by atoms with E-state index in [0.29, 0.717) is 45.1 Å². The molecule has 0 aromatic rings. The highest BCUT2D eigenvalue weighted by Crippen LogP contribution is 2.13. The third-order valence-electron chi connectivity index (χ3n) is 1.80. The van der Waals surface area contributed by atoms with Crippen molar-refractivity contribution in [2.24, 2.45) is 5.73 Å². The SMILES string of the molecule is C=C(C)C(=O)NCCOCCOCCN.O=C(O)C(F)(F)F. The molecule has 0 aromatic heterocycles. The van der Waals surface area contributed by atoms with Crippen LogP contribution in [0.5, 0.6) is 0 Å². The van der Waals surface area contributed by atoms with Crippen molar-refractivity contribution in [2.45, 2.75) is 13.1 Å². The van der Waals surface area contributed by atoms with Crippen LogP contribution in [0.1, 0.15) is 6.92 Å². The summed E-state index contributed by atoms with van der Waals surface area (Å²) < 4.78 is 42.0. The summed E-state index contributed by atoms with van der Waals surface area (Å²) in [5.41, 5.74) is 5.73. The second-order valence-electron chi connectivity index (χ2n) is 3.85. The summed E-state index contributed by atoms with van der Waals surface area (Å²) in [6.07, 6.45) is -5.08. The van der Waals surface area contributed by atoms with Gasteiger partial charge in [-0.3, -0.25) is 4.79 Å². The summed E-state index contributed by atoms with van der Waals surface area (Å²) in [6.45, 7) is 8.27. The van der Waals surface area contributed by atoms with Crippen LogP contribution in [-0.2, 0) is 19.1 Å². The highest BCUT2D eigenvalue weighted by Gasteiger charge is 2.38. The lowest BCUT2D eigenvalue weighted by Gasteiger charge is -2.06. The van der Waals surface area contributed by atoms with Crippen molar-refractivity contribution in [2.75, 3.05) is 39.5 Å². The van der Waals surface area contributed by atoms with Crippen LogP contribution >= 0.6 is 0 Å². The van der Waals surface area contributed by atoms with Crippen LogP contribution in [0.2, 0.25) is 0 Å². The normalized spacial score (nSPS) is 10.4. The minimum atomic E-state index is -5.08. The van der Waals surface area contributed by atoms with Crippen molar-refractivity contribution in [3.8, 4) is 0 Å². The molecule has 0 spiro atoms. The summed E-state index contributed by atoms with van der Waals surface area (Å²) in [6, 6.07) is 0. The molecule has 0 aliphatic carbocycles. The topological polar surface area (TPSA) is 111 Å². The maximum Gasteiger partial charge on any atom is 0.490 e. The quantitative estimate of drug-likeness (QED) is 0.414. The van der Waals surface area contributed by atoms with Crippen LogP contribution in [-0.4, -0.2) is 62.7 Å². The number of aliphatic carboxylic acids is 1. The Morgan fingerprint density at radius 2 is 1.64 bits per heavy atom. The summed E-state index contributed by atoms with van der Waals surface area (Å²) in [5, 5.41) is 9.78. The molecule has 1 amide bonds. The average molecular weight is 330 g/mol. The third-order valence-corrected chi connectivity index (χ3v) is 1.80. The molecule has 0 bridgehead atoms. The second kappa shape index (κ2) is 13.0. The van der Waals surface area contributed by atoms with Gasteiger partial charge in [-0.2, -0.15) is 13.2 Å². The van der Waals surface area contributed by atoms with E-state index in [1.54, 1.807) is 6.92 Å². The molecule has 130 valence electrons. The fourth-order valence-corrected chi connectivity index (χ4v) is 0.793. The number of hydrogen-bond donors (Lipinski definition) is 3. The van der Waals surface area contributed by atoms with Crippen LogP contribution in [0.3, 0.4) is 0 Å². The van der Waals surface area contributed by atoms with E-state index in [9.17, 15) is 18.0 Å². The van der Waals surface area contributed by atoms with E-state index >= 15 is 0 Å². The van der Waals surface area contributed by atoms with E-state index in [0.717, 1.165) is 0 Å². The Morgan fingerprint density at radius 1 is 1.18 bits per heavy atom. The molecule has 0 aromatic carbocycles. The summed E-state index contributed by atoms with van der Waals surface area (Å²) in [7, 11) is 0. The number of alkyl halides is 3. The molecule has 0 rings (SSSR count). The lowest BCUT2D eigenvalue weighted by atomic mass is 10.3. The van der Waals surface area contributed by atoms with E-state index in [1.165, 1.54) is 0 Å². The molecule has 0 unspecified atom stereocenters. The van der Waals surface area contributed by atoms with Gasteiger partial charge in [-0.25, -0.2) is 4.79 Å². The fraction of sp³-hybridized carbons (Fsp3) is 0.667. The van der Waals surface area contributed by atoms with Gasteiger partial charge in [0.25, 0.3) is 0 Å². The highest BCUT2D eigenvalue weighted by molar-refractivity contribution is 5.92. The zero-order valence-corrected chi connectivity index (χ0v) is 12.2. The molecule has 0 saturated carbocycles. The standard InChI is InChI=1S/C10H20N2O3.C2HF3O2/c1-9(2)10(13)12-4-6-15-8-7-14-5-3-11;3-2(4,5)1(6)7/h1,3-8,11H2,2H3,(H,12,13);(H,6,7). The van der Waals surface area contributed by atoms with Crippen LogP contribution < -0.4 is 11.1 Å². The molecule has 0 saturated heterocycles. The first-order valence-electron chi connectivity index (χ1n) is 6.22. The van der Waals surface area contributed by atoms with Crippen molar-refractivity contribution in [3.63, 3.8) is 0 Å². The van der Waals surface area contributed by atoms with Gasteiger partial charge in [0.2, 0.25) is 5.91 Å². The molecule has 7 nitrogen and oxygen atoms in total. The van der Waals surface area contributed by atoms with Crippen molar-refractivity contribution < 1.29 is 37.3 Å². The molecule has 10 heteroatoms. The van der Waals surface area contributed by atoms with Gasteiger partial charge in [0, 0.05) is 18.7 Å². The number of rotatable bonds is 9. The smallest absolute Gasteiger partial charge is 0.475 e. The number of ether oxygens (including phenoxy) is 2. The molecule has 0 radical (unpaired) electrons. The molecule has 4 N–H and O–H groups in total. The molecule has 22 heavy (non-hydrogen) atoms. The largest absolute Gasteiger partial charge is 0.490 e.